The number of fused-ring (bicyclic) bond motifs is 2. The molecule has 4 rings (SSSR count). The summed E-state index contributed by atoms with van der Waals surface area (Å²) in [6.07, 6.45) is 0.525. The van der Waals surface area contributed by atoms with E-state index in [9.17, 15) is 18.4 Å². The Bertz CT molecular complexity index is 514. The molecule has 6 heteroatoms. The van der Waals surface area contributed by atoms with Crippen LogP contribution in [0.5, 0.6) is 0 Å². The van der Waals surface area contributed by atoms with Crippen LogP contribution in [-0.2, 0) is 9.59 Å². The molecule has 0 aromatic carbocycles. The van der Waals surface area contributed by atoms with E-state index in [1.807, 2.05) is 0 Å². The van der Waals surface area contributed by atoms with E-state index >= 15 is 0 Å². The summed E-state index contributed by atoms with van der Waals surface area (Å²) < 4.78 is 27.2. The lowest BCUT2D eigenvalue weighted by Crippen LogP contribution is -2.59. The number of hydrogen-bond donors (Lipinski definition) is 2. The van der Waals surface area contributed by atoms with Crippen molar-refractivity contribution in [1.82, 2.24) is 10.6 Å². The third-order valence-electron chi connectivity index (χ3n) is 5.65. The molecular weight excluding hydrogens is 290 g/mol. The van der Waals surface area contributed by atoms with E-state index in [1.165, 1.54) is 0 Å². The summed E-state index contributed by atoms with van der Waals surface area (Å²) in [5, 5.41) is 6.33. The number of alkyl halides is 2. The summed E-state index contributed by atoms with van der Waals surface area (Å²) >= 11 is 0. The summed E-state index contributed by atoms with van der Waals surface area (Å²) in [5.41, 5.74) is 0.637. The zero-order chi connectivity index (χ0) is 15.4. The normalized spacial score (nSPS) is 44.5. The molecule has 6 atom stereocenters. The molecule has 2 fully saturated rings. The Labute approximate surface area is 127 Å². The van der Waals surface area contributed by atoms with Gasteiger partial charge >= 0.3 is 0 Å². The van der Waals surface area contributed by atoms with Crippen LogP contribution in [-0.4, -0.2) is 36.0 Å². The Morgan fingerprint density at radius 2 is 1.14 bits per heavy atom. The van der Waals surface area contributed by atoms with Crippen LogP contribution < -0.4 is 10.6 Å². The van der Waals surface area contributed by atoms with E-state index in [0.717, 1.165) is 0 Å². The molecule has 2 heterocycles. The number of hydrogen-bond acceptors (Lipinski definition) is 4. The number of Topliss-reactive ketones (excluding diaryl/α,β-unsaturated/α-hetero) is 2. The number of carbonyl (C=O) groups excluding carboxylic acids is 2. The highest BCUT2D eigenvalue weighted by Gasteiger charge is 2.49. The summed E-state index contributed by atoms with van der Waals surface area (Å²) in [5.74, 6) is -1.07. The first kappa shape index (κ1) is 14.2. The molecular formula is C16H20F2N2O2. The van der Waals surface area contributed by atoms with Crippen molar-refractivity contribution in [1.29, 1.82) is 0 Å². The van der Waals surface area contributed by atoms with Crippen molar-refractivity contribution in [3.63, 3.8) is 0 Å². The molecule has 4 nitrogen and oxygen atoms in total. The van der Waals surface area contributed by atoms with Crippen molar-refractivity contribution in [3.8, 4) is 0 Å². The van der Waals surface area contributed by atoms with Crippen molar-refractivity contribution in [3.05, 3.63) is 11.4 Å². The number of nitrogens with one attached hydrogen (secondary N) is 2. The Morgan fingerprint density at radius 1 is 0.727 bits per heavy atom. The van der Waals surface area contributed by atoms with Crippen molar-refractivity contribution < 1.29 is 18.4 Å². The minimum absolute atomic E-state index is 0.143. The van der Waals surface area contributed by atoms with Gasteiger partial charge in [-0.25, -0.2) is 8.78 Å². The molecule has 2 saturated carbocycles. The predicted molar refractivity (Wildman–Crippen MR) is 75.4 cm³/mol. The zero-order valence-electron chi connectivity index (χ0n) is 12.3. The first-order chi connectivity index (χ1) is 10.5. The smallest absolute Gasteiger partial charge is 0.186 e. The highest BCUT2D eigenvalue weighted by Crippen LogP contribution is 2.38. The maximum absolute atomic E-state index is 13.6. The molecule has 6 unspecified atom stereocenters. The van der Waals surface area contributed by atoms with Gasteiger partial charge in [-0.05, 0) is 38.5 Å². The van der Waals surface area contributed by atoms with Crippen molar-refractivity contribution in [2.24, 2.45) is 11.8 Å². The number of allylic oxidation sites excluding steroid dienone is 2. The minimum Gasteiger partial charge on any atom is -0.377 e. The first-order valence-corrected chi connectivity index (χ1v) is 8.18. The largest absolute Gasteiger partial charge is 0.377 e. The van der Waals surface area contributed by atoms with E-state index in [2.05, 4.69) is 10.6 Å². The van der Waals surface area contributed by atoms with Gasteiger partial charge in [-0.1, -0.05) is 0 Å². The van der Waals surface area contributed by atoms with Crippen LogP contribution in [0.1, 0.15) is 38.5 Å². The van der Waals surface area contributed by atoms with E-state index in [4.69, 9.17) is 0 Å². The van der Waals surface area contributed by atoms with Gasteiger partial charge in [0, 0.05) is 23.9 Å². The van der Waals surface area contributed by atoms with Crippen LogP contribution in [0.25, 0.3) is 0 Å². The fraction of sp³-hybridized carbons (Fsp3) is 0.750. The highest BCUT2D eigenvalue weighted by atomic mass is 19.1. The van der Waals surface area contributed by atoms with Crippen LogP contribution in [0.3, 0.4) is 0 Å². The predicted octanol–water partition coefficient (Wildman–Crippen LogP) is 1.56. The van der Waals surface area contributed by atoms with Gasteiger partial charge in [-0.2, -0.15) is 0 Å². The van der Waals surface area contributed by atoms with Crippen molar-refractivity contribution in [2.75, 3.05) is 0 Å². The highest BCUT2D eigenvalue weighted by molar-refractivity contribution is 6.10. The fourth-order valence-corrected chi connectivity index (χ4v) is 4.44. The number of ketones is 2. The number of rotatable bonds is 0. The van der Waals surface area contributed by atoms with E-state index in [-0.39, 0.29) is 36.5 Å². The second-order valence-electron chi connectivity index (χ2n) is 7.01. The maximum atomic E-state index is 13.6. The third kappa shape index (κ3) is 2.07. The Kier molecular flexibility index (Phi) is 3.24. The molecule has 2 aliphatic heterocycles. The van der Waals surface area contributed by atoms with Crippen molar-refractivity contribution in [2.45, 2.75) is 63.0 Å². The average Bonchev–Trinajstić information content (AvgIpc) is 2.50. The molecule has 2 aliphatic carbocycles. The standard InChI is InChI=1S/C16H20F2N2O2/c17-7-1-3-11-9(5-7)15(21)14-13(19-11)16(22)10-6-8(18)2-4-12(10)20-14/h7-12,19-20H,1-6H2. The molecule has 0 spiro atoms. The number of halogens is 2. The molecule has 4 aliphatic rings. The molecule has 0 bridgehead atoms. The Balaban J connectivity index is 1.66. The maximum Gasteiger partial charge on any atom is 0.186 e. The van der Waals surface area contributed by atoms with Crippen molar-refractivity contribution >= 4 is 11.6 Å². The molecule has 0 aromatic rings. The van der Waals surface area contributed by atoms with Gasteiger partial charge < -0.3 is 10.6 Å². The van der Waals surface area contributed by atoms with Crippen LogP contribution in [0.15, 0.2) is 11.4 Å². The topological polar surface area (TPSA) is 58.2 Å². The summed E-state index contributed by atoms with van der Waals surface area (Å²) in [4.78, 5) is 25.3. The fourth-order valence-electron chi connectivity index (χ4n) is 4.44. The van der Waals surface area contributed by atoms with Gasteiger partial charge in [0.05, 0.1) is 0 Å². The van der Waals surface area contributed by atoms with Crippen LogP contribution in [0.4, 0.5) is 8.78 Å². The van der Waals surface area contributed by atoms with Gasteiger partial charge in [0.15, 0.2) is 11.6 Å². The SMILES string of the molecule is O=C1C2=C(NC3CCC(F)CC13)C(=O)C1CC(F)CCC1N2. The van der Waals surface area contributed by atoms with Gasteiger partial charge in [-0.15, -0.1) is 0 Å². The zero-order valence-corrected chi connectivity index (χ0v) is 12.3. The molecule has 0 aromatic heterocycles. The van der Waals surface area contributed by atoms with E-state index in [1.54, 1.807) is 0 Å². The summed E-state index contributed by atoms with van der Waals surface area (Å²) in [7, 11) is 0. The van der Waals surface area contributed by atoms with E-state index in [0.29, 0.717) is 37.1 Å². The minimum atomic E-state index is -0.942. The van der Waals surface area contributed by atoms with Gasteiger partial charge in [0.1, 0.15) is 23.7 Å². The Morgan fingerprint density at radius 3 is 1.55 bits per heavy atom. The van der Waals surface area contributed by atoms with E-state index < -0.39 is 24.2 Å². The van der Waals surface area contributed by atoms with Gasteiger partial charge in [0.25, 0.3) is 0 Å². The monoisotopic (exact) mass is 310 g/mol. The molecule has 0 amide bonds. The Hall–Kier alpha value is -1.46. The first-order valence-electron chi connectivity index (χ1n) is 8.18. The van der Waals surface area contributed by atoms with Crippen LogP contribution in [0.2, 0.25) is 0 Å². The lowest BCUT2D eigenvalue weighted by Gasteiger charge is -2.45. The lowest BCUT2D eigenvalue weighted by atomic mass is 9.72. The molecule has 120 valence electrons. The van der Waals surface area contributed by atoms with Gasteiger partial charge in [0.2, 0.25) is 0 Å². The lowest BCUT2D eigenvalue weighted by molar-refractivity contribution is -0.129. The summed E-state index contributed by atoms with van der Waals surface area (Å²) in [6, 6.07) is -0.323. The number of carbonyl (C=O) groups is 2. The molecule has 2 N–H and O–H groups in total. The quantitative estimate of drug-likeness (QED) is 0.713. The second kappa shape index (κ2) is 5.03. The summed E-state index contributed by atoms with van der Waals surface area (Å²) in [6.45, 7) is 0. The average molecular weight is 310 g/mol. The molecule has 0 radical (unpaired) electrons. The van der Waals surface area contributed by atoms with Crippen LogP contribution in [0, 0.1) is 11.8 Å². The second-order valence-corrected chi connectivity index (χ2v) is 7.01. The molecule has 0 saturated heterocycles. The molecule has 22 heavy (non-hydrogen) atoms. The van der Waals surface area contributed by atoms with Crippen LogP contribution >= 0.6 is 0 Å². The van der Waals surface area contributed by atoms with Gasteiger partial charge in [-0.3, -0.25) is 9.59 Å². The third-order valence-corrected chi connectivity index (χ3v) is 5.65.